The Labute approximate surface area is 149 Å². The molecule has 1 heterocycles. The molecule has 0 unspecified atom stereocenters. The first-order valence-electron chi connectivity index (χ1n) is 7.97. The normalized spacial score (nSPS) is 10.7. The van der Waals surface area contributed by atoms with Gasteiger partial charge in [-0.3, -0.25) is 29.8 Å². The number of hydrogen-bond donors (Lipinski definition) is 2. The number of carbonyl (C=O) groups excluding carboxylic acids is 2. The van der Waals surface area contributed by atoms with Gasteiger partial charge in [0.05, 0.1) is 5.56 Å². The molecule has 0 spiro atoms. The van der Waals surface area contributed by atoms with Gasteiger partial charge in [-0.05, 0) is 30.2 Å². The van der Waals surface area contributed by atoms with Crippen molar-refractivity contribution in [3.05, 3.63) is 74.1 Å². The number of nitrogens with one attached hydrogen (secondary N) is 2. The summed E-state index contributed by atoms with van der Waals surface area (Å²) in [6.07, 6.45) is 4.58. The molecule has 0 aliphatic heterocycles. The highest BCUT2D eigenvalue weighted by Gasteiger charge is 2.07. The fourth-order valence-electron chi connectivity index (χ4n) is 2.24. The lowest BCUT2D eigenvalue weighted by molar-refractivity contribution is -0.117. The average Bonchev–Trinajstić information content (AvgIpc) is 2.66. The number of rotatable bonds is 4. The first-order chi connectivity index (χ1) is 12.3. The van der Waals surface area contributed by atoms with Crippen LogP contribution in [0.4, 0.5) is 0 Å². The number of nitrogens with zero attached hydrogens (tertiary/aromatic N) is 2. The number of aromatic nitrogens is 2. The molecule has 0 radical (unpaired) electrons. The molecule has 0 bridgehead atoms. The van der Waals surface area contributed by atoms with E-state index in [-0.39, 0.29) is 5.56 Å². The Morgan fingerprint density at radius 2 is 1.73 bits per heavy atom. The van der Waals surface area contributed by atoms with Crippen LogP contribution >= 0.6 is 0 Å². The third kappa shape index (κ3) is 4.35. The van der Waals surface area contributed by atoms with Crippen LogP contribution in [-0.2, 0) is 25.3 Å². The Morgan fingerprint density at radius 1 is 1.08 bits per heavy atom. The summed E-state index contributed by atoms with van der Waals surface area (Å²) in [6.45, 7) is 2.01. The van der Waals surface area contributed by atoms with Crippen molar-refractivity contribution in [1.29, 1.82) is 0 Å². The van der Waals surface area contributed by atoms with Crippen LogP contribution in [0.1, 0.15) is 28.4 Å². The molecule has 136 valence electrons. The van der Waals surface area contributed by atoms with E-state index in [1.165, 1.54) is 30.9 Å². The molecule has 1 aromatic carbocycles. The van der Waals surface area contributed by atoms with Crippen molar-refractivity contribution in [2.45, 2.75) is 13.3 Å². The van der Waals surface area contributed by atoms with E-state index in [2.05, 4.69) is 10.9 Å². The first-order valence-corrected chi connectivity index (χ1v) is 7.97. The lowest BCUT2D eigenvalue weighted by Gasteiger charge is -2.06. The predicted molar refractivity (Wildman–Crippen MR) is 97.4 cm³/mol. The number of hydrazine groups is 1. The van der Waals surface area contributed by atoms with Crippen molar-refractivity contribution >= 4 is 17.9 Å². The van der Waals surface area contributed by atoms with E-state index in [4.69, 9.17) is 0 Å². The van der Waals surface area contributed by atoms with E-state index in [0.29, 0.717) is 5.56 Å². The fraction of sp³-hybridized carbons (Fsp3) is 0.222. The molecule has 0 saturated carbocycles. The summed E-state index contributed by atoms with van der Waals surface area (Å²) < 4.78 is 2.18. The minimum absolute atomic E-state index is 0.172. The maximum Gasteiger partial charge on any atom is 0.330 e. The third-order valence-corrected chi connectivity index (χ3v) is 3.81. The van der Waals surface area contributed by atoms with Crippen LogP contribution in [0, 0.1) is 0 Å². The Bertz CT molecular complexity index is 968. The Morgan fingerprint density at radius 3 is 2.35 bits per heavy atom. The van der Waals surface area contributed by atoms with Crippen molar-refractivity contribution in [3.63, 3.8) is 0 Å². The number of hydrogen-bond acceptors (Lipinski definition) is 4. The zero-order valence-electron chi connectivity index (χ0n) is 14.8. The summed E-state index contributed by atoms with van der Waals surface area (Å²) in [5.41, 5.74) is 5.24. The molecule has 2 aromatic rings. The standard InChI is InChI=1S/C18H20N4O4/c1-4-12-5-7-13(8-6-12)16(24)20-19-15(23)10-9-14-11-21(2)18(26)22(3)17(14)25/h5-11H,4H2,1-3H3,(H,19,23)(H,20,24)/b10-9+. The topological polar surface area (TPSA) is 102 Å². The Kier molecular flexibility index (Phi) is 5.90. The molecular formula is C18H20N4O4. The maximum absolute atomic E-state index is 12.0. The van der Waals surface area contributed by atoms with Crippen LogP contribution < -0.4 is 22.1 Å². The molecule has 8 heteroatoms. The fourth-order valence-corrected chi connectivity index (χ4v) is 2.24. The molecule has 0 aliphatic carbocycles. The SMILES string of the molecule is CCc1ccc(C(=O)NNC(=O)/C=C/c2cn(C)c(=O)n(C)c2=O)cc1. The molecule has 0 atom stereocenters. The van der Waals surface area contributed by atoms with Crippen LogP contribution in [0.5, 0.6) is 0 Å². The Balaban J connectivity index is 2.00. The molecule has 2 rings (SSSR count). The van der Waals surface area contributed by atoms with Gasteiger partial charge in [0.1, 0.15) is 0 Å². The molecule has 0 aliphatic rings. The third-order valence-electron chi connectivity index (χ3n) is 3.81. The van der Waals surface area contributed by atoms with Crippen LogP contribution in [0.25, 0.3) is 6.08 Å². The van der Waals surface area contributed by atoms with Gasteiger partial charge in [0.2, 0.25) is 0 Å². The molecule has 8 nitrogen and oxygen atoms in total. The predicted octanol–water partition coefficient (Wildman–Crippen LogP) is 0.121. The highest BCUT2D eigenvalue weighted by atomic mass is 16.2. The lowest BCUT2D eigenvalue weighted by atomic mass is 10.1. The van der Waals surface area contributed by atoms with Gasteiger partial charge >= 0.3 is 5.69 Å². The van der Waals surface area contributed by atoms with E-state index >= 15 is 0 Å². The Hall–Kier alpha value is -3.42. The van der Waals surface area contributed by atoms with Crippen LogP contribution in [0.3, 0.4) is 0 Å². The quantitative estimate of drug-likeness (QED) is 0.600. The van der Waals surface area contributed by atoms with E-state index < -0.39 is 23.1 Å². The summed E-state index contributed by atoms with van der Waals surface area (Å²) in [7, 11) is 2.86. The van der Waals surface area contributed by atoms with Crippen molar-refractivity contribution < 1.29 is 9.59 Å². The molecule has 26 heavy (non-hydrogen) atoms. The van der Waals surface area contributed by atoms with Crippen LogP contribution in [0.15, 0.2) is 46.1 Å². The summed E-state index contributed by atoms with van der Waals surface area (Å²) >= 11 is 0. The van der Waals surface area contributed by atoms with E-state index in [1.54, 1.807) is 12.1 Å². The van der Waals surface area contributed by atoms with E-state index in [1.807, 2.05) is 19.1 Å². The van der Waals surface area contributed by atoms with E-state index in [0.717, 1.165) is 22.6 Å². The second-order valence-electron chi connectivity index (χ2n) is 5.67. The summed E-state index contributed by atoms with van der Waals surface area (Å²) in [6, 6.07) is 7.02. The highest BCUT2D eigenvalue weighted by molar-refractivity contribution is 5.97. The van der Waals surface area contributed by atoms with Gasteiger partial charge in [-0.2, -0.15) is 0 Å². The zero-order valence-corrected chi connectivity index (χ0v) is 14.8. The number of benzene rings is 1. The van der Waals surface area contributed by atoms with Gasteiger partial charge in [0.25, 0.3) is 17.4 Å². The summed E-state index contributed by atoms with van der Waals surface area (Å²) in [5.74, 6) is -1.06. The van der Waals surface area contributed by atoms with Crippen LogP contribution in [-0.4, -0.2) is 20.9 Å². The van der Waals surface area contributed by atoms with Crippen molar-refractivity contribution in [2.75, 3.05) is 0 Å². The molecule has 2 amide bonds. The molecule has 0 fully saturated rings. The van der Waals surface area contributed by atoms with Gasteiger partial charge in [0, 0.05) is 31.9 Å². The second-order valence-corrected chi connectivity index (χ2v) is 5.67. The maximum atomic E-state index is 12.0. The molecule has 0 saturated heterocycles. The van der Waals surface area contributed by atoms with E-state index in [9.17, 15) is 19.2 Å². The van der Waals surface area contributed by atoms with Crippen molar-refractivity contribution in [2.24, 2.45) is 14.1 Å². The van der Waals surface area contributed by atoms with Crippen molar-refractivity contribution in [3.8, 4) is 0 Å². The van der Waals surface area contributed by atoms with Gasteiger partial charge in [-0.1, -0.05) is 19.1 Å². The largest absolute Gasteiger partial charge is 0.330 e. The van der Waals surface area contributed by atoms with Gasteiger partial charge in [-0.15, -0.1) is 0 Å². The first kappa shape index (κ1) is 18.9. The smallest absolute Gasteiger partial charge is 0.303 e. The number of amides is 2. The minimum Gasteiger partial charge on any atom is -0.303 e. The number of aryl methyl sites for hydroxylation is 2. The number of carbonyl (C=O) groups is 2. The van der Waals surface area contributed by atoms with Crippen LogP contribution in [0.2, 0.25) is 0 Å². The minimum atomic E-state index is -0.612. The van der Waals surface area contributed by atoms with Crippen molar-refractivity contribution in [1.82, 2.24) is 20.0 Å². The lowest BCUT2D eigenvalue weighted by Crippen LogP contribution is -2.41. The monoisotopic (exact) mass is 356 g/mol. The zero-order chi connectivity index (χ0) is 19.3. The highest BCUT2D eigenvalue weighted by Crippen LogP contribution is 2.04. The molecule has 2 N–H and O–H groups in total. The second kappa shape index (κ2) is 8.11. The van der Waals surface area contributed by atoms with Gasteiger partial charge in [-0.25, -0.2) is 4.79 Å². The average molecular weight is 356 g/mol. The van der Waals surface area contributed by atoms with Gasteiger partial charge in [0.15, 0.2) is 0 Å². The molecule has 1 aromatic heterocycles. The van der Waals surface area contributed by atoms with Gasteiger partial charge < -0.3 is 4.57 Å². The summed E-state index contributed by atoms with van der Waals surface area (Å²) in [4.78, 5) is 47.3. The summed E-state index contributed by atoms with van der Waals surface area (Å²) in [5, 5.41) is 0. The molecular weight excluding hydrogens is 336 g/mol.